The average Bonchev–Trinajstić information content (AvgIpc) is 2.53. The van der Waals surface area contributed by atoms with Crippen LogP contribution in [0.15, 0.2) is 54.4 Å². The maximum Gasteiger partial charge on any atom is 0.267 e. The Hall–Kier alpha value is -2.55. The highest BCUT2D eigenvalue weighted by Crippen LogP contribution is 2.29. The van der Waals surface area contributed by atoms with Gasteiger partial charge in [-0.2, -0.15) is 5.26 Å². The first-order valence-electron chi connectivity index (χ1n) is 6.15. The van der Waals surface area contributed by atoms with Crippen LogP contribution < -0.4 is 10.6 Å². The number of amides is 1. The van der Waals surface area contributed by atoms with E-state index in [0.717, 1.165) is 0 Å². The Morgan fingerprint density at radius 2 is 2.05 bits per heavy atom. The van der Waals surface area contributed by atoms with Gasteiger partial charge in [0.05, 0.1) is 15.7 Å². The summed E-state index contributed by atoms with van der Waals surface area (Å²) < 4.78 is 0. The molecule has 1 aromatic heterocycles. The summed E-state index contributed by atoms with van der Waals surface area (Å²) in [4.78, 5) is 16.1. The smallest absolute Gasteiger partial charge is 0.267 e. The van der Waals surface area contributed by atoms with Gasteiger partial charge in [0.15, 0.2) is 0 Å². The predicted octanol–water partition coefficient (Wildman–Crippen LogP) is 3.85. The molecule has 22 heavy (non-hydrogen) atoms. The highest BCUT2D eigenvalue weighted by molar-refractivity contribution is 6.44. The predicted molar refractivity (Wildman–Crippen MR) is 86.6 cm³/mol. The molecule has 1 amide bonds. The lowest BCUT2D eigenvalue weighted by Gasteiger charge is -2.07. The topological polar surface area (TPSA) is 77.8 Å². The van der Waals surface area contributed by atoms with Crippen LogP contribution in [0.3, 0.4) is 0 Å². The molecule has 0 bridgehead atoms. The van der Waals surface area contributed by atoms with Gasteiger partial charge in [0.1, 0.15) is 17.5 Å². The summed E-state index contributed by atoms with van der Waals surface area (Å²) in [7, 11) is 0. The zero-order valence-corrected chi connectivity index (χ0v) is 12.7. The van der Waals surface area contributed by atoms with Gasteiger partial charge in [0.2, 0.25) is 0 Å². The first kappa shape index (κ1) is 15.8. The molecular weight excluding hydrogens is 323 g/mol. The van der Waals surface area contributed by atoms with Crippen molar-refractivity contribution in [2.24, 2.45) is 0 Å². The van der Waals surface area contributed by atoms with E-state index in [0.29, 0.717) is 16.5 Å². The fourth-order valence-electron chi connectivity index (χ4n) is 1.53. The number of hydrogen-bond donors (Lipinski definition) is 2. The van der Waals surface area contributed by atoms with Crippen molar-refractivity contribution in [1.82, 2.24) is 4.98 Å². The van der Waals surface area contributed by atoms with Gasteiger partial charge in [-0.1, -0.05) is 35.3 Å². The van der Waals surface area contributed by atoms with Crippen molar-refractivity contribution in [3.8, 4) is 6.07 Å². The van der Waals surface area contributed by atoms with Gasteiger partial charge in [-0.3, -0.25) is 4.79 Å². The van der Waals surface area contributed by atoms with Crippen molar-refractivity contribution < 1.29 is 4.79 Å². The van der Waals surface area contributed by atoms with Gasteiger partial charge >= 0.3 is 0 Å². The Morgan fingerprint density at radius 1 is 1.23 bits per heavy atom. The van der Waals surface area contributed by atoms with Crippen LogP contribution in [0.25, 0.3) is 0 Å². The third kappa shape index (κ3) is 3.98. The van der Waals surface area contributed by atoms with E-state index in [-0.39, 0.29) is 10.6 Å². The number of halogens is 2. The number of anilines is 2. The maximum atomic E-state index is 12.1. The summed E-state index contributed by atoms with van der Waals surface area (Å²) in [6.45, 7) is 0. The SMILES string of the molecule is N#C/C(=C/Nc1ccccn1)C(=O)Nc1cccc(Cl)c1Cl. The van der Waals surface area contributed by atoms with Gasteiger partial charge in [-0.05, 0) is 24.3 Å². The molecular formula is C15H10Cl2N4O. The number of rotatable bonds is 4. The number of aromatic nitrogens is 1. The van der Waals surface area contributed by atoms with E-state index in [2.05, 4.69) is 15.6 Å². The molecule has 0 aliphatic rings. The average molecular weight is 333 g/mol. The highest BCUT2D eigenvalue weighted by Gasteiger charge is 2.12. The lowest BCUT2D eigenvalue weighted by molar-refractivity contribution is -0.112. The Kier molecular flexibility index (Phi) is 5.37. The maximum absolute atomic E-state index is 12.1. The lowest BCUT2D eigenvalue weighted by atomic mass is 10.2. The molecule has 7 heteroatoms. The summed E-state index contributed by atoms with van der Waals surface area (Å²) in [6.07, 6.45) is 2.87. The van der Waals surface area contributed by atoms with Crippen molar-refractivity contribution in [2.75, 3.05) is 10.6 Å². The number of nitriles is 1. The van der Waals surface area contributed by atoms with Crippen molar-refractivity contribution in [1.29, 1.82) is 5.26 Å². The molecule has 0 atom stereocenters. The molecule has 0 saturated carbocycles. The van der Waals surface area contributed by atoms with E-state index < -0.39 is 5.91 Å². The molecule has 5 nitrogen and oxygen atoms in total. The van der Waals surface area contributed by atoms with Crippen molar-refractivity contribution in [2.45, 2.75) is 0 Å². The summed E-state index contributed by atoms with van der Waals surface area (Å²) in [5.74, 6) is -0.0843. The molecule has 0 radical (unpaired) electrons. The standard InChI is InChI=1S/C15H10Cl2N4O/c16-11-4-3-5-12(14(11)17)21-15(22)10(8-18)9-20-13-6-1-2-7-19-13/h1-7,9H,(H,19,20)(H,21,22)/b10-9-. The van der Waals surface area contributed by atoms with Gasteiger partial charge in [0, 0.05) is 12.4 Å². The van der Waals surface area contributed by atoms with E-state index in [1.54, 1.807) is 42.6 Å². The number of hydrogen-bond acceptors (Lipinski definition) is 4. The summed E-state index contributed by atoms with van der Waals surface area (Å²) in [5.41, 5.74) is 0.208. The lowest BCUT2D eigenvalue weighted by Crippen LogP contribution is -2.15. The first-order chi connectivity index (χ1) is 10.6. The zero-order chi connectivity index (χ0) is 15.9. The van der Waals surface area contributed by atoms with Crippen LogP contribution in [0.1, 0.15) is 0 Å². The van der Waals surface area contributed by atoms with Gasteiger partial charge in [-0.25, -0.2) is 4.98 Å². The molecule has 0 aliphatic heterocycles. The molecule has 1 aromatic carbocycles. The summed E-state index contributed by atoms with van der Waals surface area (Å²) >= 11 is 11.9. The quantitative estimate of drug-likeness (QED) is 0.658. The Morgan fingerprint density at radius 3 is 2.73 bits per heavy atom. The number of benzene rings is 1. The monoisotopic (exact) mass is 332 g/mol. The largest absolute Gasteiger partial charge is 0.345 e. The molecule has 0 unspecified atom stereocenters. The fourth-order valence-corrected chi connectivity index (χ4v) is 1.88. The van der Waals surface area contributed by atoms with Crippen LogP contribution in [0.2, 0.25) is 10.0 Å². The molecule has 1 heterocycles. The molecule has 2 N–H and O–H groups in total. The number of pyridine rings is 1. The number of nitrogens with zero attached hydrogens (tertiary/aromatic N) is 2. The van der Waals surface area contributed by atoms with Gasteiger partial charge in [-0.15, -0.1) is 0 Å². The Balaban J connectivity index is 2.12. The molecule has 110 valence electrons. The zero-order valence-electron chi connectivity index (χ0n) is 11.2. The van der Waals surface area contributed by atoms with Gasteiger partial charge < -0.3 is 10.6 Å². The summed E-state index contributed by atoms with van der Waals surface area (Å²) in [6, 6.07) is 11.9. The number of carbonyl (C=O) groups excluding carboxylic acids is 1. The van der Waals surface area contributed by atoms with E-state index in [4.69, 9.17) is 28.5 Å². The summed E-state index contributed by atoms with van der Waals surface area (Å²) in [5, 5.41) is 14.9. The number of nitrogens with one attached hydrogen (secondary N) is 2. The van der Waals surface area contributed by atoms with Crippen LogP contribution in [-0.2, 0) is 4.79 Å². The molecule has 0 saturated heterocycles. The van der Waals surface area contributed by atoms with Crippen LogP contribution >= 0.6 is 23.2 Å². The van der Waals surface area contributed by atoms with E-state index in [1.807, 2.05) is 6.07 Å². The molecule has 0 fully saturated rings. The highest BCUT2D eigenvalue weighted by atomic mass is 35.5. The van der Waals surface area contributed by atoms with Crippen LogP contribution in [-0.4, -0.2) is 10.9 Å². The van der Waals surface area contributed by atoms with Crippen molar-refractivity contribution >= 4 is 40.6 Å². The second-order valence-corrected chi connectivity index (χ2v) is 4.87. The van der Waals surface area contributed by atoms with Crippen LogP contribution in [0, 0.1) is 11.3 Å². The van der Waals surface area contributed by atoms with E-state index >= 15 is 0 Å². The fraction of sp³-hybridized carbons (Fsp3) is 0. The van der Waals surface area contributed by atoms with Crippen molar-refractivity contribution in [3.05, 3.63) is 64.4 Å². The van der Waals surface area contributed by atoms with E-state index in [1.165, 1.54) is 6.20 Å². The minimum absolute atomic E-state index is 0.123. The Bertz CT molecular complexity index is 754. The molecule has 0 spiro atoms. The Labute approximate surface area is 137 Å². The third-order valence-corrected chi connectivity index (χ3v) is 3.41. The molecule has 2 rings (SSSR count). The minimum atomic E-state index is -0.602. The van der Waals surface area contributed by atoms with E-state index in [9.17, 15) is 4.79 Å². The van der Waals surface area contributed by atoms with Crippen LogP contribution in [0.5, 0.6) is 0 Å². The minimum Gasteiger partial charge on any atom is -0.345 e. The second-order valence-electron chi connectivity index (χ2n) is 4.08. The first-order valence-corrected chi connectivity index (χ1v) is 6.90. The van der Waals surface area contributed by atoms with Gasteiger partial charge in [0.25, 0.3) is 5.91 Å². The van der Waals surface area contributed by atoms with Crippen molar-refractivity contribution in [3.63, 3.8) is 0 Å². The second kappa shape index (κ2) is 7.46. The van der Waals surface area contributed by atoms with Crippen LogP contribution in [0.4, 0.5) is 11.5 Å². The molecule has 0 aliphatic carbocycles. The number of carbonyl (C=O) groups is 1. The molecule has 2 aromatic rings. The third-order valence-electron chi connectivity index (χ3n) is 2.59. The normalized spacial score (nSPS) is 10.7.